The van der Waals surface area contributed by atoms with E-state index >= 15 is 0 Å². The molecular weight excluding hydrogens is 171 g/mol. The summed E-state index contributed by atoms with van der Waals surface area (Å²) in [5, 5.41) is 0. The van der Waals surface area contributed by atoms with E-state index in [2.05, 4.69) is 0 Å². The molecule has 0 amide bonds. The summed E-state index contributed by atoms with van der Waals surface area (Å²) in [7, 11) is 0. The van der Waals surface area contributed by atoms with E-state index in [4.69, 9.17) is 0 Å². The molecule has 1 rings (SSSR count). The third-order valence-corrected chi connectivity index (χ3v) is 1.82. The Kier molecular flexibility index (Phi) is 2.72. The Morgan fingerprint density at radius 1 is 1.42 bits per heavy atom. The first-order valence-electron chi connectivity index (χ1n) is 3.78. The Bertz CT molecular complexity index is 178. The van der Waals surface area contributed by atoms with Crippen molar-refractivity contribution < 1.29 is 18.0 Å². The average Bonchev–Trinajstić information content (AvgIpc) is 2.30. The first kappa shape index (κ1) is 9.51. The minimum absolute atomic E-state index is 0.0391. The summed E-state index contributed by atoms with van der Waals surface area (Å²) < 4.78 is 35.1. The summed E-state index contributed by atoms with van der Waals surface area (Å²) in [6, 6.07) is 0. The zero-order chi connectivity index (χ0) is 9.19. The number of ketones is 1. The molecule has 2 nitrogen and oxygen atoms in total. The van der Waals surface area contributed by atoms with E-state index in [-0.39, 0.29) is 18.9 Å². The van der Waals surface area contributed by atoms with Crippen LogP contribution in [0.2, 0.25) is 0 Å². The van der Waals surface area contributed by atoms with Gasteiger partial charge in [-0.15, -0.1) is 0 Å². The van der Waals surface area contributed by atoms with Gasteiger partial charge in [0, 0.05) is 19.5 Å². The number of carbonyl (C=O) groups is 1. The Balaban J connectivity index is 2.20. The highest BCUT2D eigenvalue weighted by Gasteiger charge is 2.29. The minimum Gasteiger partial charge on any atom is -0.298 e. The number of rotatable bonds is 2. The van der Waals surface area contributed by atoms with Crippen LogP contribution in [-0.4, -0.2) is 36.5 Å². The monoisotopic (exact) mass is 181 g/mol. The van der Waals surface area contributed by atoms with Crippen LogP contribution in [-0.2, 0) is 4.79 Å². The quantitative estimate of drug-likeness (QED) is 0.638. The number of nitrogens with zero attached hydrogens (tertiary/aromatic N) is 1. The van der Waals surface area contributed by atoms with E-state index in [0.717, 1.165) is 0 Å². The SMILES string of the molecule is O=C1CCN(CCC(F)(F)F)C1. The van der Waals surface area contributed by atoms with Gasteiger partial charge in [-0.2, -0.15) is 13.2 Å². The molecule has 0 aromatic rings. The maximum Gasteiger partial charge on any atom is 0.390 e. The molecule has 0 aromatic carbocycles. The fourth-order valence-electron chi connectivity index (χ4n) is 1.17. The maximum absolute atomic E-state index is 11.7. The van der Waals surface area contributed by atoms with Gasteiger partial charge < -0.3 is 0 Å². The van der Waals surface area contributed by atoms with Crippen molar-refractivity contribution >= 4 is 5.78 Å². The van der Waals surface area contributed by atoms with Gasteiger partial charge in [0.15, 0.2) is 0 Å². The Morgan fingerprint density at radius 2 is 2.08 bits per heavy atom. The molecule has 1 aliphatic rings. The zero-order valence-corrected chi connectivity index (χ0v) is 6.52. The van der Waals surface area contributed by atoms with E-state index in [9.17, 15) is 18.0 Å². The second-order valence-electron chi connectivity index (χ2n) is 2.93. The predicted molar refractivity (Wildman–Crippen MR) is 36.7 cm³/mol. The number of alkyl halides is 3. The number of Topliss-reactive ketones (excluding diaryl/α,β-unsaturated/α-hetero) is 1. The van der Waals surface area contributed by atoms with E-state index in [1.165, 1.54) is 4.90 Å². The lowest BCUT2D eigenvalue weighted by molar-refractivity contribution is -0.138. The van der Waals surface area contributed by atoms with Gasteiger partial charge in [-0.3, -0.25) is 9.69 Å². The Morgan fingerprint density at radius 3 is 2.50 bits per heavy atom. The summed E-state index contributed by atoms with van der Waals surface area (Å²) in [5.41, 5.74) is 0. The van der Waals surface area contributed by atoms with Crippen molar-refractivity contribution in [3.8, 4) is 0 Å². The van der Waals surface area contributed by atoms with Crippen LogP contribution in [0.4, 0.5) is 13.2 Å². The zero-order valence-electron chi connectivity index (χ0n) is 6.52. The van der Waals surface area contributed by atoms with Crippen LogP contribution in [0.1, 0.15) is 12.8 Å². The molecular formula is C7H10F3NO. The highest BCUT2D eigenvalue weighted by Crippen LogP contribution is 2.20. The summed E-state index contributed by atoms with van der Waals surface area (Å²) >= 11 is 0. The molecule has 70 valence electrons. The minimum atomic E-state index is -4.11. The molecule has 0 spiro atoms. The first-order valence-corrected chi connectivity index (χ1v) is 3.78. The van der Waals surface area contributed by atoms with Crippen LogP contribution in [0, 0.1) is 0 Å². The van der Waals surface area contributed by atoms with Crippen LogP contribution >= 0.6 is 0 Å². The second-order valence-corrected chi connectivity index (χ2v) is 2.93. The Labute approximate surface area is 68.3 Å². The fourth-order valence-corrected chi connectivity index (χ4v) is 1.17. The molecule has 0 N–H and O–H groups in total. The number of hydrogen-bond donors (Lipinski definition) is 0. The molecule has 0 bridgehead atoms. The number of hydrogen-bond acceptors (Lipinski definition) is 2. The molecule has 5 heteroatoms. The van der Waals surface area contributed by atoms with Gasteiger partial charge in [-0.05, 0) is 0 Å². The predicted octanol–water partition coefficient (Wildman–Crippen LogP) is 1.21. The molecule has 12 heavy (non-hydrogen) atoms. The van der Waals surface area contributed by atoms with Gasteiger partial charge in [0.2, 0.25) is 0 Å². The van der Waals surface area contributed by atoms with Crippen LogP contribution in [0.3, 0.4) is 0 Å². The number of likely N-dealkylation sites (tertiary alicyclic amines) is 1. The van der Waals surface area contributed by atoms with Gasteiger partial charge in [0.1, 0.15) is 5.78 Å². The summed E-state index contributed by atoms with van der Waals surface area (Å²) in [6.07, 6.45) is -4.52. The highest BCUT2D eigenvalue weighted by atomic mass is 19.4. The standard InChI is InChI=1S/C7H10F3NO/c8-7(9,10)2-4-11-3-1-6(12)5-11/h1-5H2. The van der Waals surface area contributed by atoms with E-state index in [1.807, 2.05) is 0 Å². The molecule has 0 aliphatic carbocycles. The van der Waals surface area contributed by atoms with Gasteiger partial charge in [0.05, 0.1) is 13.0 Å². The molecule has 0 unspecified atom stereocenters. The summed E-state index contributed by atoms with van der Waals surface area (Å²) in [6.45, 7) is 0.625. The maximum atomic E-state index is 11.7. The van der Waals surface area contributed by atoms with Crippen molar-refractivity contribution in [1.82, 2.24) is 4.90 Å². The van der Waals surface area contributed by atoms with Crippen LogP contribution in [0.5, 0.6) is 0 Å². The molecule has 1 aliphatic heterocycles. The van der Waals surface area contributed by atoms with Gasteiger partial charge in [0.25, 0.3) is 0 Å². The van der Waals surface area contributed by atoms with Crippen LogP contribution in [0.25, 0.3) is 0 Å². The van der Waals surface area contributed by atoms with Crippen molar-refractivity contribution in [2.75, 3.05) is 19.6 Å². The molecule has 1 fully saturated rings. The Hall–Kier alpha value is -0.580. The molecule has 0 aromatic heterocycles. The van der Waals surface area contributed by atoms with E-state index in [0.29, 0.717) is 13.0 Å². The van der Waals surface area contributed by atoms with Crippen molar-refractivity contribution in [3.63, 3.8) is 0 Å². The third-order valence-electron chi connectivity index (χ3n) is 1.82. The fraction of sp³-hybridized carbons (Fsp3) is 0.857. The number of carbonyl (C=O) groups excluding carboxylic acids is 1. The number of halogens is 3. The van der Waals surface area contributed by atoms with Crippen LogP contribution < -0.4 is 0 Å². The lowest BCUT2D eigenvalue weighted by Crippen LogP contribution is -2.26. The molecule has 0 atom stereocenters. The smallest absolute Gasteiger partial charge is 0.298 e. The van der Waals surface area contributed by atoms with Crippen molar-refractivity contribution in [2.45, 2.75) is 19.0 Å². The van der Waals surface area contributed by atoms with Crippen molar-refractivity contribution in [2.24, 2.45) is 0 Å². The lowest BCUT2D eigenvalue weighted by Gasteiger charge is -2.14. The summed E-state index contributed by atoms with van der Waals surface area (Å²) in [5.74, 6) is 0.0391. The molecule has 0 radical (unpaired) electrons. The average molecular weight is 181 g/mol. The first-order chi connectivity index (χ1) is 5.47. The van der Waals surface area contributed by atoms with Gasteiger partial charge >= 0.3 is 6.18 Å². The summed E-state index contributed by atoms with van der Waals surface area (Å²) in [4.78, 5) is 12.2. The van der Waals surface area contributed by atoms with Gasteiger partial charge in [-0.25, -0.2) is 0 Å². The molecule has 1 saturated heterocycles. The normalized spacial score (nSPS) is 20.4. The van der Waals surface area contributed by atoms with E-state index < -0.39 is 12.6 Å². The van der Waals surface area contributed by atoms with Gasteiger partial charge in [-0.1, -0.05) is 0 Å². The van der Waals surface area contributed by atoms with Crippen molar-refractivity contribution in [1.29, 1.82) is 0 Å². The second kappa shape index (κ2) is 3.43. The molecule has 0 saturated carbocycles. The highest BCUT2D eigenvalue weighted by molar-refractivity contribution is 5.82. The topological polar surface area (TPSA) is 20.3 Å². The lowest BCUT2D eigenvalue weighted by atomic mass is 10.4. The van der Waals surface area contributed by atoms with E-state index in [1.54, 1.807) is 0 Å². The third kappa shape index (κ3) is 3.21. The van der Waals surface area contributed by atoms with Crippen LogP contribution in [0.15, 0.2) is 0 Å². The molecule has 1 heterocycles. The largest absolute Gasteiger partial charge is 0.390 e. The van der Waals surface area contributed by atoms with Crippen molar-refractivity contribution in [3.05, 3.63) is 0 Å².